The second-order valence-corrected chi connectivity index (χ2v) is 10.4. The Hall–Kier alpha value is -4.52. The predicted octanol–water partition coefficient (Wildman–Crippen LogP) is 1.55. The van der Waals surface area contributed by atoms with E-state index in [9.17, 15) is 20.2 Å². The van der Waals surface area contributed by atoms with Crippen LogP contribution in [0.25, 0.3) is 0 Å². The fourth-order valence-electron chi connectivity index (χ4n) is 3.40. The quantitative estimate of drug-likeness (QED) is 0.158. The SMILES string of the molecule is CC1(C)[N+](=O)C(c2c[nH]cn2)=[N+]([O-])C1(C)C.CC1(C)[N+](=O)C(c2c[nH]cn2)=[N+]([O-])C1(C)C.O=[N+]([O-])[O-].O=[N+]([O-])[O-].[Mn]. The van der Waals surface area contributed by atoms with Crippen molar-refractivity contribution in [3.63, 3.8) is 0 Å². The van der Waals surface area contributed by atoms with Crippen molar-refractivity contribution in [1.29, 1.82) is 0 Å². The molecule has 0 aliphatic carbocycles. The molecule has 0 atom stereocenters. The molecule has 2 aromatic heterocycles. The standard InChI is InChI=1S/2C10H15N4O2.Mn.2NO3/c2*1-9(2)10(3,4)14(16)8(13(9)15)7-5-11-6-12-7;;2*2-1(3)4/h2*5-6H,1-4H3,(H,11,12);;;/q2*+1;;2*-1. The number of aromatic nitrogens is 4. The van der Waals surface area contributed by atoms with Crippen LogP contribution in [0.1, 0.15) is 66.8 Å². The zero-order chi connectivity index (χ0) is 31.4. The zero-order valence-corrected chi connectivity index (χ0v) is 24.5. The van der Waals surface area contributed by atoms with Crippen molar-refractivity contribution in [1.82, 2.24) is 19.9 Å². The Balaban J connectivity index is 0.000000609. The number of nitroso groups, excluding NO2 is 2. The second kappa shape index (κ2) is 12.8. The summed E-state index contributed by atoms with van der Waals surface area (Å²) < 4.78 is 2.98. The van der Waals surface area contributed by atoms with E-state index >= 15 is 0 Å². The van der Waals surface area contributed by atoms with Crippen molar-refractivity contribution in [3.05, 3.63) is 87.3 Å². The van der Waals surface area contributed by atoms with Gasteiger partial charge in [0, 0.05) is 94.7 Å². The van der Waals surface area contributed by atoms with Gasteiger partial charge < -0.3 is 51.0 Å². The van der Waals surface area contributed by atoms with E-state index in [4.69, 9.17) is 30.6 Å². The normalized spacial score (nSPS) is 19.0. The number of rotatable bonds is 2. The van der Waals surface area contributed by atoms with Crippen molar-refractivity contribution >= 4 is 11.7 Å². The van der Waals surface area contributed by atoms with Gasteiger partial charge >= 0.3 is 11.7 Å². The topological polar surface area (TPSA) is 282 Å². The summed E-state index contributed by atoms with van der Waals surface area (Å²) in [5.74, 6) is 0.132. The summed E-state index contributed by atoms with van der Waals surface area (Å²) in [6.07, 6.45) is 5.98. The molecule has 4 heterocycles. The molecule has 0 aromatic carbocycles. The maximum atomic E-state index is 12.1. The van der Waals surface area contributed by atoms with Gasteiger partial charge in [-0.25, -0.2) is 9.97 Å². The van der Waals surface area contributed by atoms with Gasteiger partial charge in [0.05, 0.1) is 22.8 Å². The maximum Gasteiger partial charge on any atom is 0.525 e. The number of hydrogen-bond acceptors (Lipinski definition) is 12. The van der Waals surface area contributed by atoms with Crippen LogP contribution in [0.2, 0.25) is 0 Å². The number of nitrogens with zero attached hydrogens (tertiary/aromatic N) is 8. The molecule has 0 fully saturated rings. The number of hydrogen-bond donors (Lipinski definition) is 2. The summed E-state index contributed by atoms with van der Waals surface area (Å²) in [6.45, 7) is 14.0. The molecule has 4 rings (SSSR count). The van der Waals surface area contributed by atoms with Crippen LogP contribution in [-0.4, -0.2) is 82.9 Å². The molecule has 41 heavy (non-hydrogen) atoms. The Morgan fingerprint density at radius 3 is 1.02 bits per heavy atom. The minimum absolute atomic E-state index is 0. The van der Waals surface area contributed by atoms with Gasteiger partial charge in [-0.2, -0.15) is 0 Å². The van der Waals surface area contributed by atoms with Crippen LogP contribution in [0.5, 0.6) is 0 Å². The first-order valence-electron chi connectivity index (χ1n) is 11.3. The van der Waals surface area contributed by atoms with E-state index in [0.29, 0.717) is 11.4 Å². The average molecular weight is 625 g/mol. The predicted molar refractivity (Wildman–Crippen MR) is 137 cm³/mol. The van der Waals surface area contributed by atoms with Crippen molar-refractivity contribution in [2.24, 2.45) is 0 Å². The number of hydroxylamine groups is 2. The first kappa shape index (κ1) is 36.5. The van der Waals surface area contributed by atoms with Crippen molar-refractivity contribution in [3.8, 4) is 0 Å². The van der Waals surface area contributed by atoms with Gasteiger partial charge in [0.2, 0.25) is 22.5 Å². The molecule has 2 aliphatic rings. The van der Waals surface area contributed by atoms with Gasteiger partial charge in [0.25, 0.3) is 11.1 Å². The summed E-state index contributed by atoms with van der Waals surface area (Å²) in [6, 6.07) is 0. The number of aromatic amines is 2. The fraction of sp³-hybridized carbons (Fsp3) is 0.600. The Bertz CT molecular complexity index is 1220. The summed E-state index contributed by atoms with van der Waals surface area (Å²) in [5, 5.41) is 53.8. The molecule has 1 radical (unpaired) electrons. The van der Waals surface area contributed by atoms with Gasteiger partial charge in [0.15, 0.2) is 0 Å². The van der Waals surface area contributed by atoms with E-state index in [1.165, 1.54) is 12.7 Å². The van der Waals surface area contributed by atoms with Crippen LogP contribution in [0, 0.1) is 50.9 Å². The van der Waals surface area contributed by atoms with Gasteiger partial charge in [-0.3, -0.25) is 0 Å². The van der Waals surface area contributed by atoms with Crippen molar-refractivity contribution < 1.29 is 46.2 Å². The minimum Gasteiger partial charge on any atom is -0.618 e. The molecule has 0 bridgehead atoms. The molecule has 0 spiro atoms. The van der Waals surface area contributed by atoms with Crippen LogP contribution >= 0.6 is 0 Å². The summed E-state index contributed by atoms with van der Waals surface area (Å²) in [5.41, 5.74) is -2.40. The largest absolute Gasteiger partial charge is 0.618 e. The van der Waals surface area contributed by atoms with Crippen molar-refractivity contribution in [2.75, 3.05) is 0 Å². The van der Waals surface area contributed by atoms with Crippen LogP contribution < -0.4 is 0 Å². The van der Waals surface area contributed by atoms with Crippen LogP contribution in [-0.2, 0) is 17.1 Å². The van der Waals surface area contributed by atoms with E-state index in [2.05, 4.69) is 19.9 Å². The molecule has 20 nitrogen and oxygen atoms in total. The van der Waals surface area contributed by atoms with E-state index in [-0.39, 0.29) is 28.7 Å². The minimum atomic E-state index is -1.75. The molecule has 2 aliphatic heterocycles. The first-order chi connectivity index (χ1) is 18.1. The Labute approximate surface area is 242 Å². The van der Waals surface area contributed by atoms with Gasteiger partial charge in [-0.15, -0.1) is 9.48 Å². The molecule has 0 amide bonds. The average Bonchev–Trinajstić information content (AvgIpc) is 3.56. The summed E-state index contributed by atoms with van der Waals surface area (Å²) >= 11 is 0. The number of imidazole rings is 2. The fourth-order valence-corrected chi connectivity index (χ4v) is 3.40. The van der Waals surface area contributed by atoms with Gasteiger partial charge in [0.1, 0.15) is 9.52 Å². The van der Waals surface area contributed by atoms with E-state index in [0.717, 1.165) is 19.0 Å². The van der Waals surface area contributed by atoms with E-state index < -0.39 is 32.3 Å². The summed E-state index contributed by atoms with van der Waals surface area (Å²) in [7, 11) is 0. The second-order valence-electron chi connectivity index (χ2n) is 10.4. The first-order valence-corrected chi connectivity index (χ1v) is 11.3. The summed E-state index contributed by atoms with van der Waals surface area (Å²) in [4.78, 5) is 54.2. The third-order valence-electron chi connectivity index (χ3n) is 7.25. The monoisotopic (exact) mass is 625 g/mol. The number of amidine groups is 2. The molecule has 227 valence electrons. The molecule has 0 saturated heterocycles. The maximum absolute atomic E-state index is 12.1. The Morgan fingerprint density at radius 2 is 0.878 bits per heavy atom. The van der Waals surface area contributed by atoms with Crippen LogP contribution in [0.3, 0.4) is 0 Å². The molecular formula is C20H30MnN10O10. The zero-order valence-electron chi connectivity index (χ0n) is 23.3. The molecule has 2 N–H and O–H groups in total. The Kier molecular flexibility index (Phi) is 11.4. The number of nitrogens with one attached hydrogen (secondary N) is 2. The Morgan fingerprint density at radius 1 is 0.634 bits per heavy atom. The van der Waals surface area contributed by atoms with Gasteiger partial charge in [-0.1, -0.05) is 0 Å². The third-order valence-corrected chi connectivity index (χ3v) is 7.25. The molecule has 2 aromatic rings. The number of H-pyrrole nitrogens is 2. The third kappa shape index (κ3) is 6.98. The van der Waals surface area contributed by atoms with Crippen LogP contribution in [0.15, 0.2) is 25.0 Å². The molecule has 21 heteroatoms. The van der Waals surface area contributed by atoms with E-state index in [1.807, 2.05) is 0 Å². The molecule has 0 saturated carbocycles. The molecular weight excluding hydrogens is 595 g/mol. The molecule has 0 unspecified atom stereocenters. The van der Waals surface area contributed by atoms with Crippen molar-refractivity contribution in [2.45, 2.75) is 77.5 Å². The van der Waals surface area contributed by atoms with Gasteiger partial charge in [-0.05, 0) is 0 Å². The van der Waals surface area contributed by atoms with Crippen LogP contribution in [0.4, 0.5) is 0 Å². The smallest absolute Gasteiger partial charge is 0.525 e. The van der Waals surface area contributed by atoms with E-state index in [1.54, 1.807) is 67.8 Å².